The molecule has 0 spiro atoms. The van der Waals surface area contributed by atoms with Crippen molar-refractivity contribution in [2.75, 3.05) is 13.1 Å². The van der Waals surface area contributed by atoms with Gasteiger partial charge >= 0.3 is 0 Å². The second-order valence-corrected chi connectivity index (χ2v) is 5.00. The van der Waals surface area contributed by atoms with E-state index >= 15 is 0 Å². The number of nitrogens with zero attached hydrogens (tertiary/aromatic N) is 2. The molecule has 0 amide bonds. The molecule has 0 bridgehead atoms. The van der Waals surface area contributed by atoms with Crippen molar-refractivity contribution in [3.63, 3.8) is 0 Å². The lowest BCUT2D eigenvalue weighted by Crippen LogP contribution is -2.47. The molecular weight excluding hydrogens is 222 g/mol. The van der Waals surface area contributed by atoms with E-state index in [1.807, 2.05) is 12.1 Å². The third kappa shape index (κ3) is 2.94. The fraction of sp³-hybridized carbons (Fsp3) is 0.583. The minimum atomic E-state index is 0.285. The summed E-state index contributed by atoms with van der Waals surface area (Å²) in [7, 11) is 0. The highest BCUT2D eigenvalue weighted by molar-refractivity contribution is 6.29. The van der Waals surface area contributed by atoms with E-state index in [9.17, 15) is 0 Å². The average molecular weight is 240 g/mol. The van der Waals surface area contributed by atoms with Crippen molar-refractivity contribution in [1.29, 1.82) is 0 Å². The highest BCUT2D eigenvalue weighted by Crippen LogP contribution is 2.17. The summed E-state index contributed by atoms with van der Waals surface area (Å²) in [5.41, 5.74) is 7.09. The molecule has 2 rings (SSSR count). The molecule has 1 fully saturated rings. The normalized spacial score (nSPS) is 26.9. The minimum absolute atomic E-state index is 0.285. The average Bonchev–Trinajstić information content (AvgIpc) is 2.24. The predicted molar refractivity (Wildman–Crippen MR) is 66.3 cm³/mol. The molecule has 3 nitrogen and oxygen atoms in total. The van der Waals surface area contributed by atoms with Gasteiger partial charge in [-0.15, -0.1) is 0 Å². The van der Waals surface area contributed by atoms with Gasteiger partial charge in [0.05, 0.1) is 5.69 Å². The Morgan fingerprint density at radius 1 is 1.56 bits per heavy atom. The number of hydrogen-bond acceptors (Lipinski definition) is 3. The molecule has 1 saturated heterocycles. The Bertz CT molecular complexity index is 356. The quantitative estimate of drug-likeness (QED) is 0.802. The van der Waals surface area contributed by atoms with Gasteiger partial charge in [-0.25, -0.2) is 4.98 Å². The molecule has 1 aliphatic rings. The van der Waals surface area contributed by atoms with Crippen LogP contribution < -0.4 is 5.73 Å². The monoisotopic (exact) mass is 239 g/mol. The lowest BCUT2D eigenvalue weighted by molar-refractivity contribution is 0.160. The van der Waals surface area contributed by atoms with E-state index in [1.54, 1.807) is 6.07 Å². The van der Waals surface area contributed by atoms with E-state index in [4.69, 9.17) is 17.3 Å². The SMILES string of the molecule is CC1CCN(Cc2cccc(Cl)n2)CC1N. The molecule has 0 aliphatic carbocycles. The number of piperidine rings is 1. The van der Waals surface area contributed by atoms with Crippen LogP contribution in [-0.4, -0.2) is 29.0 Å². The van der Waals surface area contributed by atoms with Crippen LogP contribution in [-0.2, 0) is 6.54 Å². The Morgan fingerprint density at radius 3 is 3.06 bits per heavy atom. The van der Waals surface area contributed by atoms with Crippen LogP contribution in [0.5, 0.6) is 0 Å². The molecular formula is C12H18ClN3. The first-order valence-corrected chi connectivity index (χ1v) is 6.12. The summed E-state index contributed by atoms with van der Waals surface area (Å²) in [6, 6.07) is 6.04. The molecule has 88 valence electrons. The van der Waals surface area contributed by atoms with Crippen molar-refractivity contribution >= 4 is 11.6 Å². The fourth-order valence-electron chi connectivity index (χ4n) is 2.08. The van der Waals surface area contributed by atoms with Crippen molar-refractivity contribution in [1.82, 2.24) is 9.88 Å². The number of pyridine rings is 1. The summed E-state index contributed by atoms with van der Waals surface area (Å²) in [6.45, 7) is 5.12. The third-order valence-corrected chi connectivity index (χ3v) is 3.47. The van der Waals surface area contributed by atoms with Crippen LogP contribution in [0.2, 0.25) is 5.15 Å². The summed E-state index contributed by atoms with van der Waals surface area (Å²) in [4.78, 5) is 6.64. The number of rotatable bonds is 2. The second-order valence-electron chi connectivity index (χ2n) is 4.62. The standard InChI is InChI=1S/C12H18ClN3/c1-9-5-6-16(8-11(9)14)7-10-3-2-4-12(13)15-10/h2-4,9,11H,5-8,14H2,1H3. The largest absolute Gasteiger partial charge is 0.326 e. The Balaban J connectivity index is 1.95. The van der Waals surface area contributed by atoms with E-state index in [0.717, 1.165) is 25.3 Å². The fourth-order valence-corrected chi connectivity index (χ4v) is 2.26. The van der Waals surface area contributed by atoms with Crippen LogP contribution in [0.1, 0.15) is 19.0 Å². The van der Waals surface area contributed by atoms with Gasteiger partial charge in [-0.3, -0.25) is 4.90 Å². The van der Waals surface area contributed by atoms with Gasteiger partial charge in [0.25, 0.3) is 0 Å². The molecule has 2 N–H and O–H groups in total. The summed E-state index contributed by atoms with van der Waals surface area (Å²) < 4.78 is 0. The van der Waals surface area contributed by atoms with E-state index in [1.165, 1.54) is 6.42 Å². The number of likely N-dealkylation sites (tertiary alicyclic amines) is 1. The molecule has 1 aromatic rings. The van der Waals surface area contributed by atoms with Crippen molar-refractivity contribution in [3.05, 3.63) is 29.0 Å². The van der Waals surface area contributed by atoms with Gasteiger partial charge in [0.1, 0.15) is 5.15 Å². The Kier molecular flexibility index (Phi) is 3.79. The topological polar surface area (TPSA) is 42.2 Å². The highest BCUT2D eigenvalue weighted by atomic mass is 35.5. The summed E-state index contributed by atoms with van der Waals surface area (Å²) in [5, 5.41) is 0.562. The summed E-state index contributed by atoms with van der Waals surface area (Å²) in [6.07, 6.45) is 1.17. The van der Waals surface area contributed by atoms with Gasteiger partial charge in [0, 0.05) is 19.1 Å². The number of aromatic nitrogens is 1. The maximum atomic E-state index is 6.06. The first-order valence-electron chi connectivity index (χ1n) is 5.74. The maximum absolute atomic E-state index is 6.06. The van der Waals surface area contributed by atoms with Crippen LogP contribution in [0.25, 0.3) is 0 Å². The van der Waals surface area contributed by atoms with Crippen molar-refractivity contribution in [2.24, 2.45) is 11.7 Å². The van der Waals surface area contributed by atoms with Crippen LogP contribution in [0.15, 0.2) is 18.2 Å². The molecule has 2 atom stereocenters. The maximum Gasteiger partial charge on any atom is 0.129 e. The molecule has 0 radical (unpaired) electrons. The number of halogens is 1. The van der Waals surface area contributed by atoms with E-state index < -0.39 is 0 Å². The van der Waals surface area contributed by atoms with Crippen molar-refractivity contribution in [3.8, 4) is 0 Å². The van der Waals surface area contributed by atoms with Crippen LogP contribution in [0, 0.1) is 5.92 Å². The molecule has 2 unspecified atom stereocenters. The van der Waals surface area contributed by atoms with E-state index in [2.05, 4.69) is 16.8 Å². The lowest BCUT2D eigenvalue weighted by Gasteiger charge is -2.34. The summed E-state index contributed by atoms with van der Waals surface area (Å²) >= 11 is 5.86. The van der Waals surface area contributed by atoms with Gasteiger partial charge < -0.3 is 5.73 Å². The van der Waals surface area contributed by atoms with Crippen molar-refractivity contribution in [2.45, 2.75) is 25.9 Å². The van der Waals surface area contributed by atoms with Crippen molar-refractivity contribution < 1.29 is 0 Å². The Hall–Kier alpha value is -0.640. The molecule has 0 saturated carbocycles. The lowest BCUT2D eigenvalue weighted by atomic mass is 9.94. The van der Waals surface area contributed by atoms with Crippen LogP contribution in [0.4, 0.5) is 0 Å². The second kappa shape index (κ2) is 5.13. The third-order valence-electron chi connectivity index (χ3n) is 3.26. The van der Waals surface area contributed by atoms with Crippen LogP contribution in [0.3, 0.4) is 0 Å². The van der Waals surface area contributed by atoms with Gasteiger partial charge in [-0.1, -0.05) is 24.6 Å². The first-order chi connectivity index (χ1) is 7.65. The number of hydrogen-bond donors (Lipinski definition) is 1. The van der Waals surface area contributed by atoms with E-state index in [-0.39, 0.29) is 6.04 Å². The van der Waals surface area contributed by atoms with Gasteiger partial charge in [-0.2, -0.15) is 0 Å². The molecule has 2 heterocycles. The number of nitrogens with two attached hydrogens (primary N) is 1. The van der Waals surface area contributed by atoms with Crippen LogP contribution >= 0.6 is 11.6 Å². The van der Waals surface area contributed by atoms with Gasteiger partial charge in [0.15, 0.2) is 0 Å². The van der Waals surface area contributed by atoms with E-state index in [0.29, 0.717) is 11.1 Å². The zero-order valence-corrected chi connectivity index (χ0v) is 10.3. The predicted octanol–water partition coefficient (Wildman–Crippen LogP) is 1.90. The molecule has 16 heavy (non-hydrogen) atoms. The molecule has 1 aromatic heterocycles. The summed E-state index contributed by atoms with van der Waals surface area (Å²) in [5.74, 6) is 0.628. The Labute approximate surface area is 102 Å². The van der Waals surface area contributed by atoms with Gasteiger partial charge in [0.2, 0.25) is 0 Å². The highest BCUT2D eigenvalue weighted by Gasteiger charge is 2.23. The first kappa shape index (κ1) is 11.8. The molecule has 0 aromatic carbocycles. The Morgan fingerprint density at radius 2 is 2.38 bits per heavy atom. The van der Waals surface area contributed by atoms with Gasteiger partial charge in [-0.05, 0) is 31.0 Å². The smallest absolute Gasteiger partial charge is 0.129 e. The molecule has 4 heteroatoms. The minimum Gasteiger partial charge on any atom is -0.326 e. The zero-order valence-electron chi connectivity index (χ0n) is 9.56. The zero-order chi connectivity index (χ0) is 11.5. The molecule has 1 aliphatic heterocycles.